The van der Waals surface area contributed by atoms with Gasteiger partial charge < -0.3 is 15.6 Å². The molecule has 1 saturated heterocycles. The van der Waals surface area contributed by atoms with Gasteiger partial charge in [0.2, 0.25) is 0 Å². The summed E-state index contributed by atoms with van der Waals surface area (Å²) in [5, 5.41) is 9.24. The lowest BCUT2D eigenvalue weighted by atomic mass is 9.66. The molecule has 1 unspecified atom stereocenters. The van der Waals surface area contributed by atoms with E-state index in [2.05, 4.69) is 0 Å². The summed E-state index contributed by atoms with van der Waals surface area (Å²) in [4.78, 5) is 11.3. The minimum atomic E-state index is -1.05. The first-order chi connectivity index (χ1) is 6.61. The zero-order valence-corrected chi connectivity index (χ0v) is 8.29. The van der Waals surface area contributed by atoms with Crippen molar-refractivity contribution in [2.75, 3.05) is 13.2 Å². The van der Waals surface area contributed by atoms with Crippen molar-refractivity contribution in [2.45, 2.75) is 37.6 Å². The molecular formula is C10H17NO3. The van der Waals surface area contributed by atoms with Gasteiger partial charge in [-0.2, -0.15) is 0 Å². The summed E-state index contributed by atoms with van der Waals surface area (Å²) in [6.07, 6.45) is 4.40. The quantitative estimate of drug-likeness (QED) is 0.653. The number of carboxylic acid groups (broad SMARTS) is 1. The average Bonchev–Trinajstić information content (AvgIpc) is 2.60. The van der Waals surface area contributed by atoms with Gasteiger partial charge in [-0.25, -0.2) is 0 Å². The maximum atomic E-state index is 11.3. The summed E-state index contributed by atoms with van der Waals surface area (Å²) in [6, 6.07) is 0. The van der Waals surface area contributed by atoms with Gasteiger partial charge in [0, 0.05) is 18.4 Å². The molecular weight excluding hydrogens is 182 g/mol. The largest absolute Gasteiger partial charge is 0.480 e. The highest BCUT2D eigenvalue weighted by atomic mass is 16.5. The van der Waals surface area contributed by atoms with E-state index in [1.807, 2.05) is 0 Å². The van der Waals surface area contributed by atoms with Crippen LogP contribution in [0.4, 0.5) is 0 Å². The number of rotatable bonds is 1. The van der Waals surface area contributed by atoms with Gasteiger partial charge in [0.1, 0.15) is 5.54 Å². The first kappa shape index (κ1) is 9.93. The second-order valence-electron chi connectivity index (χ2n) is 4.57. The molecule has 0 amide bonds. The second kappa shape index (κ2) is 3.21. The fourth-order valence-corrected chi connectivity index (χ4v) is 2.87. The van der Waals surface area contributed by atoms with Crippen LogP contribution in [0.5, 0.6) is 0 Å². The van der Waals surface area contributed by atoms with Crippen LogP contribution in [0.2, 0.25) is 0 Å². The van der Waals surface area contributed by atoms with Gasteiger partial charge in [-0.15, -0.1) is 0 Å². The molecule has 1 aliphatic carbocycles. The van der Waals surface area contributed by atoms with E-state index in [0.29, 0.717) is 19.6 Å². The molecule has 1 saturated carbocycles. The van der Waals surface area contributed by atoms with Crippen LogP contribution in [-0.2, 0) is 9.53 Å². The van der Waals surface area contributed by atoms with Crippen molar-refractivity contribution in [3.63, 3.8) is 0 Å². The number of nitrogens with two attached hydrogens (primary N) is 1. The summed E-state index contributed by atoms with van der Waals surface area (Å²) in [5.41, 5.74) is 4.71. The van der Waals surface area contributed by atoms with Crippen LogP contribution in [0.3, 0.4) is 0 Å². The third-order valence-electron chi connectivity index (χ3n) is 3.91. The van der Waals surface area contributed by atoms with Gasteiger partial charge in [0.05, 0.1) is 6.61 Å². The molecule has 0 bridgehead atoms. The fourth-order valence-electron chi connectivity index (χ4n) is 2.87. The molecule has 80 valence electrons. The molecule has 1 aliphatic heterocycles. The van der Waals surface area contributed by atoms with E-state index >= 15 is 0 Å². The molecule has 1 atom stereocenters. The Morgan fingerprint density at radius 3 is 2.50 bits per heavy atom. The van der Waals surface area contributed by atoms with Gasteiger partial charge in [-0.05, 0) is 12.8 Å². The molecule has 2 fully saturated rings. The maximum Gasteiger partial charge on any atom is 0.324 e. The third kappa shape index (κ3) is 1.17. The van der Waals surface area contributed by atoms with Gasteiger partial charge >= 0.3 is 5.97 Å². The molecule has 14 heavy (non-hydrogen) atoms. The van der Waals surface area contributed by atoms with Gasteiger partial charge in [-0.3, -0.25) is 4.79 Å². The van der Waals surface area contributed by atoms with Crippen LogP contribution in [0.15, 0.2) is 0 Å². The number of carbonyl (C=O) groups is 1. The predicted octanol–water partition coefficient (Wildman–Crippen LogP) is 0.749. The van der Waals surface area contributed by atoms with Crippen molar-refractivity contribution in [2.24, 2.45) is 11.1 Å². The first-order valence-electron chi connectivity index (χ1n) is 5.21. The van der Waals surface area contributed by atoms with Crippen molar-refractivity contribution < 1.29 is 14.6 Å². The first-order valence-corrected chi connectivity index (χ1v) is 5.21. The lowest BCUT2D eigenvalue weighted by molar-refractivity contribution is -0.159. The Morgan fingerprint density at radius 2 is 1.93 bits per heavy atom. The number of hydrogen-bond donors (Lipinski definition) is 2. The van der Waals surface area contributed by atoms with E-state index < -0.39 is 11.5 Å². The van der Waals surface area contributed by atoms with E-state index in [-0.39, 0.29) is 5.41 Å². The van der Waals surface area contributed by atoms with Crippen molar-refractivity contribution in [3.8, 4) is 0 Å². The Kier molecular flexibility index (Phi) is 2.27. The van der Waals surface area contributed by atoms with Crippen LogP contribution in [0, 0.1) is 5.41 Å². The second-order valence-corrected chi connectivity index (χ2v) is 4.57. The Bertz CT molecular complexity index is 248. The summed E-state index contributed by atoms with van der Waals surface area (Å²) < 4.78 is 5.41. The highest BCUT2D eigenvalue weighted by Crippen LogP contribution is 2.49. The summed E-state index contributed by atoms with van der Waals surface area (Å²) in [7, 11) is 0. The van der Waals surface area contributed by atoms with Gasteiger partial charge in [0.15, 0.2) is 0 Å². The molecule has 0 radical (unpaired) electrons. The number of hydrogen-bond acceptors (Lipinski definition) is 3. The Balaban J connectivity index is 2.31. The fraction of sp³-hybridized carbons (Fsp3) is 0.900. The number of aliphatic carboxylic acids is 1. The van der Waals surface area contributed by atoms with Gasteiger partial charge in [-0.1, -0.05) is 12.8 Å². The Hall–Kier alpha value is -0.610. The molecule has 4 heteroatoms. The molecule has 0 aromatic heterocycles. The van der Waals surface area contributed by atoms with Crippen molar-refractivity contribution in [1.29, 1.82) is 0 Å². The average molecular weight is 199 g/mol. The molecule has 4 nitrogen and oxygen atoms in total. The van der Waals surface area contributed by atoms with Crippen LogP contribution in [0.25, 0.3) is 0 Å². The minimum Gasteiger partial charge on any atom is -0.480 e. The Morgan fingerprint density at radius 1 is 1.29 bits per heavy atom. The normalized spacial score (nSPS) is 36.1. The number of carboxylic acids is 1. The third-order valence-corrected chi connectivity index (χ3v) is 3.91. The van der Waals surface area contributed by atoms with Gasteiger partial charge in [0.25, 0.3) is 0 Å². The summed E-state index contributed by atoms with van der Waals surface area (Å²) >= 11 is 0. The summed E-state index contributed by atoms with van der Waals surface area (Å²) in [6.45, 7) is 1.00. The molecule has 2 rings (SSSR count). The lowest BCUT2D eigenvalue weighted by Gasteiger charge is -2.46. The van der Waals surface area contributed by atoms with Crippen LogP contribution in [0.1, 0.15) is 32.1 Å². The topological polar surface area (TPSA) is 72.6 Å². The van der Waals surface area contributed by atoms with Crippen LogP contribution < -0.4 is 5.73 Å². The van der Waals surface area contributed by atoms with E-state index in [4.69, 9.17) is 10.5 Å². The van der Waals surface area contributed by atoms with E-state index in [0.717, 1.165) is 25.7 Å². The predicted molar refractivity (Wildman–Crippen MR) is 50.9 cm³/mol. The SMILES string of the molecule is NC1(C(=O)O)CCOCC12CCCC2. The van der Waals surface area contributed by atoms with Crippen molar-refractivity contribution in [3.05, 3.63) is 0 Å². The van der Waals surface area contributed by atoms with Crippen LogP contribution >= 0.6 is 0 Å². The standard InChI is InChI=1S/C10H17NO3/c11-10(8(12)13)5-6-14-7-9(10)3-1-2-4-9/h1-7,11H2,(H,12,13). The van der Waals surface area contributed by atoms with E-state index in [1.165, 1.54) is 0 Å². The monoisotopic (exact) mass is 199 g/mol. The molecule has 1 heterocycles. The molecule has 3 N–H and O–H groups in total. The maximum absolute atomic E-state index is 11.3. The van der Waals surface area contributed by atoms with Crippen LogP contribution in [-0.4, -0.2) is 29.8 Å². The highest BCUT2D eigenvalue weighted by molar-refractivity contribution is 5.80. The molecule has 2 aliphatic rings. The minimum absolute atomic E-state index is 0.295. The molecule has 1 spiro atoms. The van der Waals surface area contributed by atoms with E-state index in [9.17, 15) is 9.90 Å². The molecule has 0 aromatic carbocycles. The molecule has 0 aromatic rings. The van der Waals surface area contributed by atoms with E-state index in [1.54, 1.807) is 0 Å². The number of ether oxygens (including phenoxy) is 1. The summed E-state index contributed by atoms with van der Waals surface area (Å²) in [5.74, 6) is -0.859. The van der Waals surface area contributed by atoms with Crippen molar-refractivity contribution in [1.82, 2.24) is 0 Å². The zero-order chi connectivity index (χ0) is 10.2. The lowest BCUT2D eigenvalue weighted by Crippen LogP contribution is -2.64. The highest BCUT2D eigenvalue weighted by Gasteiger charge is 2.56. The zero-order valence-electron chi connectivity index (χ0n) is 8.29. The Labute approximate surface area is 83.4 Å². The smallest absolute Gasteiger partial charge is 0.324 e. The van der Waals surface area contributed by atoms with Crippen molar-refractivity contribution >= 4 is 5.97 Å².